The Morgan fingerprint density at radius 3 is 2.62 bits per heavy atom. The quantitative estimate of drug-likeness (QED) is 0.523. The Bertz CT molecular complexity index is 359. The van der Waals surface area contributed by atoms with Crippen molar-refractivity contribution in [3.05, 3.63) is 36.0 Å². The summed E-state index contributed by atoms with van der Waals surface area (Å²) in [5, 5.41) is 0. The van der Waals surface area contributed by atoms with Crippen molar-refractivity contribution in [3.8, 4) is 0 Å². The van der Waals surface area contributed by atoms with E-state index < -0.39 is 5.60 Å². The second-order valence-corrected chi connectivity index (χ2v) is 4.59. The van der Waals surface area contributed by atoms with Gasteiger partial charge in [0.25, 0.3) is 0 Å². The Balaban J connectivity index is 3.13. The Morgan fingerprint density at radius 1 is 1.50 bits per heavy atom. The summed E-state index contributed by atoms with van der Waals surface area (Å²) in [4.78, 5) is 11.8. The van der Waals surface area contributed by atoms with Crippen LogP contribution in [0.15, 0.2) is 36.0 Å². The van der Waals surface area contributed by atoms with Gasteiger partial charge in [0.05, 0.1) is 0 Å². The van der Waals surface area contributed by atoms with Gasteiger partial charge in [-0.05, 0) is 32.3 Å². The molecule has 0 fully saturated rings. The molecule has 2 nitrogen and oxygen atoms in total. The first kappa shape index (κ1) is 12.8. The zero-order valence-corrected chi connectivity index (χ0v) is 10.4. The van der Waals surface area contributed by atoms with Crippen LogP contribution in [0.5, 0.6) is 0 Å². The molecule has 16 heavy (non-hydrogen) atoms. The number of carbonyl (C=O) groups is 1. The number of esters is 1. The minimum Gasteiger partial charge on any atom is -0.451 e. The predicted molar refractivity (Wildman–Crippen MR) is 66.1 cm³/mol. The lowest BCUT2D eigenvalue weighted by Gasteiger charge is -2.21. The van der Waals surface area contributed by atoms with Gasteiger partial charge in [0.15, 0.2) is 0 Å². The van der Waals surface area contributed by atoms with Crippen molar-refractivity contribution in [2.45, 2.75) is 45.6 Å². The summed E-state index contributed by atoms with van der Waals surface area (Å²) in [6, 6.07) is 0. The summed E-state index contributed by atoms with van der Waals surface area (Å²) in [6.45, 7) is 13.5. The molecule has 1 aliphatic heterocycles. The van der Waals surface area contributed by atoms with Crippen molar-refractivity contribution >= 4 is 5.97 Å². The standard InChI is InChI=1S/C14H20O2/c1-6-8-9-11-12(10(3)7-2)14(4,5)16-13(11)15/h7H,2-3,6,8-9H2,1,4-5H3. The topological polar surface area (TPSA) is 26.3 Å². The molecule has 0 N–H and O–H groups in total. The molecule has 88 valence electrons. The highest BCUT2D eigenvalue weighted by molar-refractivity contribution is 5.94. The minimum atomic E-state index is -0.564. The number of hydrogen-bond donors (Lipinski definition) is 0. The third-order valence-electron chi connectivity index (χ3n) is 2.85. The third-order valence-corrected chi connectivity index (χ3v) is 2.85. The number of rotatable bonds is 5. The largest absolute Gasteiger partial charge is 0.451 e. The molecular formula is C14H20O2. The molecule has 0 atom stereocenters. The van der Waals surface area contributed by atoms with E-state index in [-0.39, 0.29) is 5.97 Å². The lowest BCUT2D eigenvalue weighted by molar-refractivity contribution is -0.144. The number of hydrogen-bond acceptors (Lipinski definition) is 2. The lowest BCUT2D eigenvalue weighted by Crippen LogP contribution is -2.23. The van der Waals surface area contributed by atoms with Crippen LogP contribution < -0.4 is 0 Å². The van der Waals surface area contributed by atoms with Crippen LogP contribution in [-0.4, -0.2) is 11.6 Å². The number of carbonyl (C=O) groups excluding carboxylic acids is 1. The van der Waals surface area contributed by atoms with Gasteiger partial charge in [0.2, 0.25) is 0 Å². The van der Waals surface area contributed by atoms with Gasteiger partial charge in [0, 0.05) is 11.1 Å². The van der Waals surface area contributed by atoms with Crippen LogP contribution in [0.1, 0.15) is 40.0 Å². The van der Waals surface area contributed by atoms with E-state index in [1.807, 2.05) is 13.8 Å². The zero-order valence-electron chi connectivity index (χ0n) is 10.4. The first-order valence-electron chi connectivity index (χ1n) is 5.72. The van der Waals surface area contributed by atoms with Gasteiger partial charge in [-0.15, -0.1) is 0 Å². The normalized spacial score (nSPS) is 18.6. The third kappa shape index (κ3) is 2.26. The van der Waals surface area contributed by atoms with Crippen LogP contribution in [-0.2, 0) is 9.53 Å². The van der Waals surface area contributed by atoms with E-state index >= 15 is 0 Å². The second kappa shape index (κ2) is 4.69. The maximum atomic E-state index is 11.8. The summed E-state index contributed by atoms with van der Waals surface area (Å²) in [5.41, 5.74) is 1.92. The maximum Gasteiger partial charge on any atom is 0.335 e. The molecule has 1 aliphatic rings. The van der Waals surface area contributed by atoms with Gasteiger partial charge in [0.1, 0.15) is 5.60 Å². The molecule has 0 radical (unpaired) electrons. The maximum absolute atomic E-state index is 11.8. The first-order valence-corrected chi connectivity index (χ1v) is 5.72. The number of cyclic esters (lactones) is 1. The summed E-state index contributed by atoms with van der Waals surface area (Å²) in [6.07, 6.45) is 4.51. The SMILES string of the molecule is C=CC(=C)C1=C(CCCC)C(=O)OC1(C)C. The van der Waals surface area contributed by atoms with E-state index in [1.54, 1.807) is 6.08 Å². The van der Waals surface area contributed by atoms with Gasteiger partial charge in [-0.1, -0.05) is 32.6 Å². The first-order chi connectivity index (χ1) is 7.44. The second-order valence-electron chi connectivity index (χ2n) is 4.59. The summed E-state index contributed by atoms with van der Waals surface area (Å²) >= 11 is 0. The Morgan fingerprint density at radius 2 is 2.12 bits per heavy atom. The minimum absolute atomic E-state index is 0.198. The Kier molecular flexibility index (Phi) is 3.74. The highest BCUT2D eigenvalue weighted by Crippen LogP contribution is 2.38. The molecule has 1 rings (SSSR count). The van der Waals surface area contributed by atoms with Crippen molar-refractivity contribution < 1.29 is 9.53 Å². The molecule has 0 amide bonds. The van der Waals surface area contributed by atoms with Gasteiger partial charge >= 0.3 is 5.97 Å². The van der Waals surface area contributed by atoms with Crippen molar-refractivity contribution in [3.63, 3.8) is 0 Å². The van der Waals surface area contributed by atoms with E-state index in [0.717, 1.165) is 36.0 Å². The fourth-order valence-electron chi connectivity index (χ4n) is 2.07. The molecule has 0 aromatic carbocycles. The molecule has 0 spiro atoms. The molecule has 0 bridgehead atoms. The summed E-state index contributed by atoms with van der Waals surface area (Å²) in [5.74, 6) is -0.198. The van der Waals surface area contributed by atoms with E-state index in [2.05, 4.69) is 20.1 Å². The molecule has 2 heteroatoms. The molecule has 0 aliphatic carbocycles. The van der Waals surface area contributed by atoms with Crippen molar-refractivity contribution in [2.75, 3.05) is 0 Å². The van der Waals surface area contributed by atoms with Crippen LogP contribution in [0, 0.1) is 0 Å². The lowest BCUT2D eigenvalue weighted by atomic mass is 9.88. The molecular weight excluding hydrogens is 200 g/mol. The monoisotopic (exact) mass is 220 g/mol. The van der Waals surface area contributed by atoms with Crippen LogP contribution in [0.3, 0.4) is 0 Å². The van der Waals surface area contributed by atoms with Crippen LogP contribution in [0.4, 0.5) is 0 Å². The number of allylic oxidation sites excluding steroid dienone is 1. The zero-order chi connectivity index (χ0) is 12.3. The number of ether oxygens (including phenoxy) is 1. The molecule has 0 unspecified atom stereocenters. The average Bonchev–Trinajstić information content (AvgIpc) is 2.44. The van der Waals surface area contributed by atoms with Crippen LogP contribution in [0.2, 0.25) is 0 Å². The van der Waals surface area contributed by atoms with Crippen molar-refractivity contribution in [1.29, 1.82) is 0 Å². The molecule has 0 saturated carbocycles. The average molecular weight is 220 g/mol. The van der Waals surface area contributed by atoms with E-state index in [4.69, 9.17) is 4.74 Å². The predicted octanol–water partition coefficient (Wildman–Crippen LogP) is 3.55. The highest BCUT2D eigenvalue weighted by atomic mass is 16.6. The van der Waals surface area contributed by atoms with Crippen molar-refractivity contribution in [1.82, 2.24) is 0 Å². The fraction of sp³-hybridized carbons (Fsp3) is 0.500. The highest BCUT2D eigenvalue weighted by Gasteiger charge is 2.40. The molecule has 0 aromatic rings. The summed E-state index contributed by atoms with van der Waals surface area (Å²) in [7, 11) is 0. The molecule has 0 aromatic heterocycles. The molecule has 1 heterocycles. The van der Waals surface area contributed by atoms with Gasteiger partial charge < -0.3 is 4.74 Å². The Hall–Kier alpha value is -1.31. The molecule has 0 saturated heterocycles. The smallest absolute Gasteiger partial charge is 0.335 e. The van der Waals surface area contributed by atoms with Gasteiger partial charge in [-0.3, -0.25) is 0 Å². The van der Waals surface area contributed by atoms with Gasteiger partial charge in [-0.2, -0.15) is 0 Å². The summed E-state index contributed by atoms with van der Waals surface area (Å²) < 4.78 is 5.37. The van der Waals surface area contributed by atoms with Crippen molar-refractivity contribution in [2.24, 2.45) is 0 Å². The van der Waals surface area contributed by atoms with Crippen LogP contribution in [0.25, 0.3) is 0 Å². The van der Waals surface area contributed by atoms with E-state index in [1.165, 1.54) is 0 Å². The van der Waals surface area contributed by atoms with E-state index in [0.29, 0.717) is 0 Å². The van der Waals surface area contributed by atoms with E-state index in [9.17, 15) is 4.79 Å². The number of unbranched alkanes of at least 4 members (excludes halogenated alkanes) is 1. The Labute approximate surface area is 97.7 Å². The van der Waals surface area contributed by atoms with Gasteiger partial charge in [-0.25, -0.2) is 4.79 Å². The fourth-order valence-corrected chi connectivity index (χ4v) is 2.07. The van der Waals surface area contributed by atoms with Crippen LogP contribution >= 0.6 is 0 Å².